The van der Waals surface area contributed by atoms with Crippen LogP contribution in [0.15, 0.2) is 201 Å². The fourth-order valence-electron chi connectivity index (χ4n) is 8.49. The minimum absolute atomic E-state index is 0.196. The van der Waals surface area contributed by atoms with Crippen molar-refractivity contribution in [3.05, 3.63) is 234 Å². The topological polar surface area (TPSA) is 11.6 Å². The molecule has 3 heteroatoms. The van der Waals surface area contributed by atoms with E-state index in [1.165, 1.54) is 69.6 Å². The first kappa shape index (κ1) is 38.8. The van der Waals surface area contributed by atoms with Gasteiger partial charge in [0.25, 0.3) is 0 Å². The first-order valence-electron chi connectivity index (χ1n) is 27.3. The summed E-state index contributed by atoms with van der Waals surface area (Å²) < 4.78 is 68.2. The van der Waals surface area contributed by atoms with Crippen LogP contribution in [0.1, 0.15) is 77.8 Å². The molecule has 9 aromatic rings. The molecule has 0 aliphatic heterocycles. The summed E-state index contributed by atoms with van der Waals surface area (Å²) in [7, 11) is 6.16. The summed E-state index contributed by atoms with van der Waals surface area (Å²) in [6, 6.07) is 61.8. The van der Waals surface area contributed by atoms with E-state index in [9.17, 15) is 0 Å². The second-order valence-electron chi connectivity index (χ2n) is 17.9. The number of aromatic nitrogens is 3. The summed E-state index contributed by atoms with van der Waals surface area (Å²) in [4.78, 5) is 0. The highest BCUT2D eigenvalue weighted by molar-refractivity contribution is 5.73. The van der Waals surface area contributed by atoms with Gasteiger partial charge < -0.3 is 0 Å². The summed E-state index contributed by atoms with van der Waals surface area (Å²) >= 11 is 0. The molecule has 68 heavy (non-hydrogen) atoms. The maximum Gasteiger partial charge on any atom is 0.213 e. The SMILES string of the molecule is Cc1cccc(-c2cc[n+](C)c(-c3ccccc3C)c2)c1.[2H]C([2H])([2H])C([2H])(C)Cc1ccc(-c2cc[n+](C)c(-c3ccccc3C)c2)cc1.[2H]C([2H])([2H])C([2H])(C)c1ccc(-c2cc[n+](C)c(-c3ccccc3C)c2)cc1. The minimum Gasteiger partial charge on any atom is -0.201 e. The molecule has 0 N–H and O–H groups in total. The maximum absolute atomic E-state index is 8.23. The third kappa shape index (κ3) is 12.2. The Hall–Kier alpha value is -7.23. The molecular weight excluding hydrogens is 823 g/mol. The quantitative estimate of drug-likeness (QED) is 0.128. The molecule has 0 aliphatic rings. The Kier molecular flexibility index (Phi) is 12.9. The molecule has 0 saturated heterocycles. The number of pyridine rings is 3. The van der Waals surface area contributed by atoms with E-state index in [2.05, 4.69) is 164 Å². The lowest BCUT2D eigenvalue weighted by Crippen LogP contribution is -2.30. The van der Waals surface area contributed by atoms with Crippen LogP contribution >= 0.6 is 0 Å². The largest absolute Gasteiger partial charge is 0.213 e. The van der Waals surface area contributed by atoms with Gasteiger partial charge in [0.1, 0.15) is 21.1 Å². The first-order valence-corrected chi connectivity index (χ1v) is 23.3. The van der Waals surface area contributed by atoms with Crippen molar-refractivity contribution in [3.63, 3.8) is 0 Å². The Bertz CT molecular complexity index is 3450. The molecule has 2 unspecified atom stereocenters. The first-order chi connectivity index (χ1) is 35.8. The number of aryl methyl sites for hydroxylation is 7. The van der Waals surface area contributed by atoms with Crippen LogP contribution in [-0.2, 0) is 27.6 Å². The van der Waals surface area contributed by atoms with Gasteiger partial charge in [-0.3, -0.25) is 0 Å². The molecule has 0 aliphatic carbocycles. The predicted molar refractivity (Wildman–Crippen MR) is 287 cm³/mol. The van der Waals surface area contributed by atoms with E-state index in [4.69, 9.17) is 11.0 Å². The highest BCUT2D eigenvalue weighted by atomic mass is 14.9. The van der Waals surface area contributed by atoms with E-state index in [0.29, 0.717) is 5.56 Å². The van der Waals surface area contributed by atoms with Gasteiger partial charge in [0.2, 0.25) is 17.1 Å². The fourth-order valence-corrected chi connectivity index (χ4v) is 8.49. The second-order valence-corrected chi connectivity index (χ2v) is 17.9. The normalized spacial score (nSPS) is 14.7. The maximum atomic E-state index is 8.23. The smallest absolute Gasteiger partial charge is 0.201 e. The van der Waals surface area contributed by atoms with E-state index >= 15 is 0 Å². The van der Waals surface area contributed by atoms with E-state index in [1.807, 2.05) is 87.0 Å². The molecule has 0 fully saturated rings. The third-order valence-corrected chi connectivity index (χ3v) is 12.5. The highest BCUT2D eigenvalue weighted by Gasteiger charge is 2.17. The number of hydrogen-bond donors (Lipinski definition) is 0. The fraction of sp³-hybridized carbons (Fsp3) is 0.215. The van der Waals surface area contributed by atoms with Gasteiger partial charge in [-0.2, -0.15) is 0 Å². The molecule has 6 aromatic carbocycles. The Morgan fingerprint density at radius 2 is 0.809 bits per heavy atom. The molecule has 9 rings (SSSR count). The van der Waals surface area contributed by atoms with Crippen LogP contribution < -0.4 is 13.7 Å². The monoisotopic (exact) mass is 901 g/mol. The molecule has 0 bridgehead atoms. The number of benzene rings is 6. The van der Waals surface area contributed by atoms with Crippen molar-refractivity contribution >= 4 is 0 Å². The summed E-state index contributed by atoms with van der Waals surface area (Å²) in [6.07, 6.45) is 6.42. The number of rotatable bonds is 9. The van der Waals surface area contributed by atoms with E-state index in [-0.39, 0.29) is 6.42 Å². The van der Waals surface area contributed by atoms with Crippen molar-refractivity contribution in [3.8, 4) is 67.2 Å². The molecule has 0 saturated carbocycles. The van der Waals surface area contributed by atoms with E-state index < -0.39 is 25.5 Å². The van der Waals surface area contributed by atoms with E-state index in [1.54, 1.807) is 12.1 Å². The molecule has 0 spiro atoms. The zero-order valence-electron chi connectivity index (χ0n) is 49.1. The molecule has 0 radical (unpaired) electrons. The van der Waals surface area contributed by atoms with Crippen LogP contribution in [0.25, 0.3) is 67.2 Å². The van der Waals surface area contributed by atoms with Gasteiger partial charge >= 0.3 is 0 Å². The van der Waals surface area contributed by atoms with Crippen molar-refractivity contribution in [1.82, 2.24) is 0 Å². The van der Waals surface area contributed by atoms with Gasteiger partial charge in [0, 0.05) is 64.1 Å². The number of nitrogens with zero attached hydrogens (tertiary/aromatic N) is 3. The van der Waals surface area contributed by atoms with Crippen LogP contribution in [0.4, 0.5) is 0 Å². The molecule has 3 heterocycles. The summed E-state index contributed by atoms with van der Waals surface area (Å²) in [5.41, 5.74) is 20.3. The van der Waals surface area contributed by atoms with Gasteiger partial charge in [-0.25, -0.2) is 13.7 Å². The lowest BCUT2D eigenvalue weighted by molar-refractivity contribution is -0.660. The molecule has 342 valence electrons. The summed E-state index contributed by atoms with van der Waals surface area (Å²) in [5.74, 6) is -3.12. The molecule has 3 aromatic heterocycles. The number of hydrogen-bond acceptors (Lipinski definition) is 0. The summed E-state index contributed by atoms with van der Waals surface area (Å²) in [6.45, 7) is 6.74. The van der Waals surface area contributed by atoms with Gasteiger partial charge in [-0.05, 0) is 125 Å². The Labute approximate surface area is 419 Å². The van der Waals surface area contributed by atoms with Gasteiger partial charge in [-0.1, -0.05) is 161 Å². The van der Waals surface area contributed by atoms with Crippen LogP contribution in [-0.4, -0.2) is 0 Å². The molecule has 3 nitrogen and oxygen atoms in total. The predicted octanol–water partition coefficient (Wildman–Crippen LogP) is 15.1. The standard InChI is InChI=1S/C23H26N.C22H24N.C20H20N/c1-17(2)15-19-9-11-20(12-10-19)21-13-14-24(4)23(16-21)22-8-6-5-7-18(22)3;1-16(2)18-9-11-19(12-10-18)20-13-14-23(4)22(15-20)21-8-6-5-7-17(21)3;1-15-7-6-9-17(13-15)18-11-12-21(3)20(14-18)19-10-5-4-8-16(19)2/h5-14,16-17H,15H2,1-4H3;5-16H,1-4H3;4-14H,1-3H3/q3*+1/i1D3,17D;1D3,16D;. The molecule has 0 amide bonds. The second kappa shape index (κ2) is 22.5. The van der Waals surface area contributed by atoms with Gasteiger partial charge in [0.05, 0.1) is 0 Å². The van der Waals surface area contributed by atoms with Crippen molar-refractivity contribution in [2.75, 3.05) is 0 Å². The molecule has 2 atom stereocenters. The Balaban J connectivity index is 0.000000168. The average Bonchev–Trinajstić information content (AvgIpc) is 3.37. The average molecular weight is 901 g/mol. The van der Waals surface area contributed by atoms with Crippen LogP contribution in [0.2, 0.25) is 0 Å². The van der Waals surface area contributed by atoms with Crippen LogP contribution in [0.3, 0.4) is 0 Å². The summed E-state index contributed by atoms with van der Waals surface area (Å²) in [5, 5.41) is 0. The van der Waals surface area contributed by atoms with Crippen LogP contribution in [0, 0.1) is 33.6 Å². The van der Waals surface area contributed by atoms with Crippen molar-refractivity contribution in [1.29, 1.82) is 0 Å². The minimum atomic E-state index is -2.37. The van der Waals surface area contributed by atoms with Gasteiger partial charge in [-0.15, -0.1) is 0 Å². The lowest BCUT2D eigenvalue weighted by Gasteiger charge is -2.09. The molecular formula is C65H70N3+3. The Morgan fingerprint density at radius 1 is 0.412 bits per heavy atom. The van der Waals surface area contributed by atoms with Crippen LogP contribution in [0.5, 0.6) is 0 Å². The van der Waals surface area contributed by atoms with Crippen molar-refractivity contribution < 1.29 is 24.7 Å². The zero-order valence-corrected chi connectivity index (χ0v) is 41.1. The van der Waals surface area contributed by atoms with E-state index in [0.717, 1.165) is 39.2 Å². The Morgan fingerprint density at radius 3 is 1.21 bits per heavy atom. The van der Waals surface area contributed by atoms with Crippen molar-refractivity contribution in [2.24, 2.45) is 27.0 Å². The van der Waals surface area contributed by atoms with Crippen molar-refractivity contribution in [2.45, 2.75) is 67.6 Å². The zero-order chi connectivity index (χ0) is 55.2. The third-order valence-electron chi connectivity index (χ3n) is 12.5. The lowest BCUT2D eigenvalue weighted by atomic mass is 9.97. The highest BCUT2D eigenvalue weighted by Crippen LogP contribution is 2.29. The van der Waals surface area contributed by atoms with Gasteiger partial charge in [0.15, 0.2) is 18.6 Å².